The summed E-state index contributed by atoms with van der Waals surface area (Å²) in [5.41, 5.74) is 3.64. The molecule has 4 rings (SSSR count). The van der Waals surface area contributed by atoms with Crippen LogP contribution in [0.4, 0.5) is 14.5 Å². The normalized spacial score (nSPS) is 13.0. The van der Waals surface area contributed by atoms with Crippen LogP contribution in [0.15, 0.2) is 72.8 Å². The summed E-state index contributed by atoms with van der Waals surface area (Å²) >= 11 is 0. The number of aliphatic hydroxyl groups excluding tert-OH is 2. The molecule has 13 heteroatoms. The van der Waals surface area contributed by atoms with Crippen LogP contribution in [-0.4, -0.2) is 52.4 Å². The Kier molecular flexibility index (Phi) is 11.3. The molecule has 250 valence electrons. The predicted octanol–water partition coefficient (Wildman–Crippen LogP) is 5.24. The fourth-order valence-corrected chi connectivity index (χ4v) is 6.29. The fraction of sp³-hybridized carbons (Fsp3) is 0.294. The van der Waals surface area contributed by atoms with Gasteiger partial charge >= 0.3 is 5.97 Å². The van der Waals surface area contributed by atoms with Gasteiger partial charge in [0.2, 0.25) is 10.0 Å². The minimum atomic E-state index is -3.76. The number of rotatable bonds is 14. The maximum Gasteiger partial charge on any atom is 0.305 e. The molecule has 0 fully saturated rings. The zero-order chi connectivity index (χ0) is 34.5. The zero-order valence-corrected chi connectivity index (χ0v) is 26.7. The number of carboxylic acid groups (broad SMARTS) is 1. The van der Waals surface area contributed by atoms with Crippen molar-refractivity contribution in [2.75, 3.05) is 5.32 Å². The van der Waals surface area contributed by atoms with E-state index in [0.717, 1.165) is 0 Å². The van der Waals surface area contributed by atoms with Crippen LogP contribution < -0.4 is 10.5 Å². The number of amides is 1. The van der Waals surface area contributed by atoms with Gasteiger partial charge < -0.3 is 25.2 Å². The van der Waals surface area contributed by atoms with Crippen LogP contribution in [0.5, 0.6) is 0 Å². The number of benzene rings is 3. The monoisotopic (exact) mass is 669 g/mol. The van der Waals surface area contributed by atoms with Crippen molar-refractivity contribution in [1.82, 2.24) is 4.57 Å². The summed E-state index contributed by atoms with van der Waals surface area (Å²) in [4.78, 5) is 25.2. The number of nitrogens with zero attached hydrogens (tertiary/aromatic N) is 1. The Morgan fingerprint density at radius 3 is 1.87 bits per heavy atom. The Morgan fingerprint density at radius 2 is 1.38 bits per heavy atom. The third-order valence-corrected chi connectivity index (χ3v) is 8.29. The number of halogens is 2. The molecule has 1 heterocycles. The summed E-state index contributed by atoms with van der Waals surface area (Å²) in [6.07, 6.45) is -2.78. The Bertz CT molecular complexity index is 1820. The molecule has 0 aliphatic carbocycles. The second kappa shape index (κ2) is 15.0. The molecule has 0 saturated heterocycles. The fourth-order valence-electron chi connectivity index (χ4n) is 5.63. The Balaban J connectivity index is 1.87. The number of anilines is 1. The molecule has 4 aromatic rings. The quantitative estimate of drug-likeness (QED) is 0.122. The largest absolute Gasteiger partial charge is 0.481 e. The van der Waals surface area contributed by atoms with Crippen molar-refractivity contribution in [2.45, 2.75) is 63.5 Å². The van der Waals surface area contributed by atoms with Crippen molar-refractivity contribution in [3.63, 3.8) is 0 Å². The number of aromatic nitrogens is 1. The van der Waals surface area contributed by atoms with Gasteiger partial charge in [-0.15, -0.1) is 0 Å². The van der Waals surface area contributed by atoms with Crippen LogP contribution in [0.3, 0.4) is 0 Å². The highest BCUT2D eigenvalue weighted by molar-refractivity contribution is 7.88. The number of carboxylic acids is 1. The summed E-state index contributed by atoms with van der Waals surface area (Å²) in [6, 6.07) is 17.1. The van der Waals surface area contributed by atoms with E-state index < -0.39 is 52.2 Å². The first-order valence-electron chi connectivity index (χ1n) is 14.9. The average molecular weight is 670 g/mol. The molecule has 1 aromatic heterocycles. The Hall–Kier alpha value is -4.43. The van der Waals surface area contributed by atoms with Gasteiger partial charge in [-0.2, -0.15) is 0 Å². The molecular formula is C34H37F2N3O7S. The summed E-state index contributed by atoms with van der Waals surface area (Å²) in [7, 11) is -3.76. The lowest BCUT2D eigenvalue weighted by atomic mass is 9.92. The Labute approximate surface area is 271 Å². The maximum absolute atomic E-state index is 14.2. The molecule has 0 unspecified atom stereocenters. The minimum absolute atomic E-state index is 0.0943. The van der Waals surface area contributed by atoms with E-state index in [1.54, 1.807) is 28.8 Å². The standard InChI is InChI=1S/C34H37F2N3O7S/c1-20(2)39-29(16-15-27(40)17-28(41)18-30(42)43)31(22-5-9-24(35)10-6-22)32(23-7-11-25(36)12-8-23)33(39)34(44)38-26-13-3-21(4-14-26)19-47(37,45)46/h3-14,20,27-28,40-41H,15-19H2,1-2H3,(H,38,44)(H,42,43)(H2,37,45,46)/t27-,28-/m1/s1. The lowest BCUT2D eigenvalue weighted by molar-refractivity contribution is -0.139. The lowest BCUT2D eigenvalue weighted by Crippen LogP contribution is -2.23. The maximum atomic E-state index is 14.2. The molecule has 0 bridgehead atoms. The van der Waals surface area contributed by atoms with Crippen LogP contribution in [0.25, 0.3) is 22.3 Å². The van der Waals surface area contributed by atoms with Crippen molar-refractivity contribution in [2.24, 2.45) is 5.14 Å². The molecule has 0 radical (unpaired) electrons. The van der Waals surface area contributed by atoms with Crippen molar-refractivity contribution in [3.05, 3.63) is 101 Å². The molecule has 0 spiro atoms. The van der Waals surface area contributed by atoms with E-state index in [1.165, 1.54) is 48.5 Å². The number of aliphatic hydroxyl groups is 2. The SMILES string of the molecule is CC(C)n1c(CC[C@@H](O)C[C@@H](O)CC(=O)O)c(-c2ccc(F)cc2)c(-c2ccc(F)cc2)c1C(=O)Nc1ccc(CS(N)(=O)=O)cc1. The first kappa shape index (κ1) is 35.4. The van der Waals surface area contributed by atoms with E-state index >= 15 is 0 Å². The van der Waals surface area contributed by atoms with Crippen LogP contribution in [0, 0.1) is 11.6 Å². The predicted molar refractivity (Wildman–Crippen MR) is 174 cm³/mol. The second-order valence-corrected chi connectivity index (χ2v) is 13.3. The molecule has 0 saturated carbocycles. The van der Waals surface area contributed by atoms with Gasteiger partial charge in [-0.3, -0.25) is 9.59 Å². The summed E-state index contributed by atoms with van der Waals surface area (Å²) in [6.45, 7) is 3.72. The number of primary sulfonamides is 1. The third-order valence-electron chi connectivity index (χ3n) is 7.55. The number of hydrogen-bond donors (Lipinski definition) is 5. The first-order chi connectivity index (χ1) is 22.1. The zero-order valence-electron chi connectivity index (χ0n) is 25.9. The second-order valence-electron chi connectivity index (χ2n) is 11.7. The number of nitrogens with one attached hydrogen (secondary N) is 1. The van der Waals surface area contributed by atoms with Gasteiger partial charge in [0, 0.05) is 28.6 Å². The summed E-state index contributed by atoms with van der Waals surface area (Å²) in [5, 5.41) is 37.9. The van der Waals surface area contributed by atoms with Crippen LogP contribution in [0.1, 0.15) is 60.9 Å². The number of hydrogen-bond acceptors (Lipinski definition) is 6. The number of carbonyl (C=O) groups excluding carboxylic acids is 1. The Morgan fingerprint density at radius 1 is 0.851 bits per heavy atom. The first-order valence-corrected chi connectivity index (χ1v) is 16.6. The number of carbonyl (C=O) groups is 2. The van der Waals surface area contributed by atoms with Crippen LogP contribution in [-0.2, 0) is 27.0 Å². The average Bonchev–Trinajstić information content (AvgIpc) is 3.32. The lowest BCUT2D eigenvalue weighted by Gasteiger charge is -2.20. The van der Waals surface area contributed by atoms with Gasteiger partial charge in [-0.05, 0) is 86.2 Å². The van der Waals surface area contributed by atoms with E-state index in [0.29, 0.717) is 39.2 Å². The number of sulfonamides is 1. The molecule has 0 aliphatic heterocycles. The molecule has 3 aromatic carbocycles. The van der Waals surface area contributed by atoms with Crippen LogP contribution >= 0.6 is 0 Å². The highest BCUT2D eigenvalue weighted by atomic mass is 32.2. The molecule has 6 N–H and O–H groups in total. The van der Waals surface area contributed by atoms with E-state index in [4.69, 9.17) is 10.2 Å². The van der Waals surface area contributed by atoms with Gasteiger partial charge in [-0.1, -0.05) is 36.4 Å². The van der Waals surface area contributed by atoms with Crippen molar-refractivity contribution >= 4 is 27.6 Å². The van der Waals surface area contributed by atoms with Gasteiger partial charge in [0.1, 0.15) is 17.3 Å². The smallest absolute Gasteiger partial charge is 0.305 e. The van der Waals surface area contributed by atoms with Gasteiger partial charge in [0.25, 0.3) is 5.91 Å². The van der Waals surface area contributed by atoms with Gasteiger partial charge in [0.15, 0.2) is 0 Å². The molecule has 47 heavy (non-hydrogen) atoms. The molecule has 10 nitrogen and oxygen atoms in total. The van der Waals surface area contributed by atoms with E-state index in [-0.39, 0.29) is 36.8 Å². The molecular weight excluding hydrogens is 632 g/mol. The van der Waals surface area contributed by atoms with Crippen LogP contribution in [0.2, 0.25) is 0 Å². The highest BCUT2D eigenvalue weighted by Crippen LogP contribution is 2.43. The number of nitrogens with two attached hydrogens (primary N) is 1. The highest BCUT2D eigenvalue weighted by Gasteiger charge is 2.31. The van der Waals surface area contributed by atoms with Crippen molar-refractivity contribution in [1.29, 1.82) is 0 Å². The van der Waals surface area contributed by atoms with E-state index in [1.807, 2.05) is 13.8 Å². The topological polar surface area (TPSA) is 172 Å². The molecule has 0 aliphatic rings. The van der Waals surface area contributed by atoms with Gasteiger partial charge in [-0.25, -0.2) is 22.3 Å². The van der Waals surface area contributed by atoms with E-state index in [9.17, 15) is 37.0 Å². The third kappa shape index (κ3) is 9.32. The molecule has 2 atom stereocenters. The number of aliphatic carboxylic acids is 1. The van der Waals surface area contributed by atoms with Crippen molar-refractivity contribution < 1.29 is 42.1 Å². The van der Waals surface area contributed by atoms with Crippen molar-refractivity contribution in [3.8, 4) is 22.3 Å². The summed E-state index contributed by atoms with van der Waals surface area (Å²) in [5.74, 6) is -3.09. The summed E-state index contributed by atoms with van der Waals surface area (Å²) < 4.78 is 53.0. The molecule has 1 amide bonds. The van der Waals surface area contributed by atoms with E-state index in [2.05, 4.69) is 5.32 Å². The van der Waals surface area contributed by atoms with Gasteiger partial charge in [0.05, 0.1) is 24.4 Å². The minimum Gasteiger partial charge on any atom is -0.481 e.